The van der Waals surface area contributed by atoms with Gasteiger partial charge in [-0.1, -0.05) is 0 Å². The molecule has 2 N–H and O–H groups in total. The summed E-state index contributed by atoms with van der Waals surface area (Å²) in [4.78, 5) is 11.6. The van der Waals surface area contributed by atoms with Gasteiger partial charge in [-0.25, -0.2) is 0 Å². The number of carbonyl (C=O) groups excluding carboxylic acids is 1. The second-order valence-corrected chi connectivity index (χ2v) is 5.14. The number of piperidine rings is 1. The molecule has 1 heterocycles. The second-order valence-electron chi connectivity index (χ2n) is 4.16. The number of amides is 1. The van der Waals surface area contributed by atoms with Gasteiger partial charge in [0.15, 0.2) is 0 Å². The fourth-order valence-electron chi connectivity index (χ4n) is 1.90. The number of hydrogen-bond acceptors (Lipinski definition) is 3. The number of carbonyl (C=O) groups is 1. The summed E-state index contributed by atoms with van der Waals surface area (Å²) >= 11 is 1.80. The molecular weight excluding hydrogens is 208 g/mol. The SMILES string of the molecule is CSCCCC(=O)NC1CCCNC1C. The highest BCUT2D eigenvalue weighted by Crippen LogP contribution is 2.08. The monoisotopic (exact) mass is 230 g/mol. The zero-order valence-electron chi connectivity index (χ0n) is 9.71. The van der Waals surface area contributed by atoms with Gasteiger partial charge in [0.05, 0.1) is 0 Å². The zero-order chi connectivity index (χ0) is 11.1. The molecule has 15 heavy (non-hydrogen) atoms. The summed E-state index contributed by atoms with van der Waals surface area (Å²) in [6.07, 6.45) is 6.01. The molecule has 1 aliphatic heterocycles. The smallest absolute Gasteiger partial charge is 0.220 e. The van der Waals surface area contributed by atoms with Crippen LogP contribution in [0.15, 0.2) is 0 Å². The van der Waals surface area contributed by atoms with E-state index >= 15 is 0 Å². The van der Waals surface area contributed by atoms with Crippen LogP contribution in [0.25, 0.3) is 0 Å². The van der Waals surface area contributed by atoms with E-state index in [9.17, 15) is 4.79 Å². The third-order valence-electron chi connectivity index (χ3n) is 2.86. The van der Waals surface area contributed by atoms with Crippen LogP contribution in [0.2, 0.25) is 0 Å². The maximum absolute atomic E-state index is 11.6. The molecule has 2 atom stereocenters. The van der Waals surface area contributed by atoms with E-state index in [-0.39, 0.29) is 5.91 Å². The van der Waals surface area contributed by atoms with Crippen LogP contribution in [0.1, 0.15) is 32.6 Å². The van der Waals surface area contributed by atoms with Crippen LogP contribution in [-0.2, 0) is 4.79 Å². The molecule has 0 aromatic rings. The second kappa shape index (κ2) is 7.12. The Morgan fingerprint density at radius 2 is 2.40 bits per heavy atom. The molecule has 0 aromatic heterocycles. The molecule has 1 aliphatic rings. The molecule has 0 spiro atoms. The zero-order valence-corrected chi connectivity index (χ0v) is 10.5. The third-order valence-corrected chi connectivity index (χ3v) is 3.56. The highest BCUT2D eigenvalue weighted by atomic mass is 32.2. The highest BCUT2D eigenvalue weighted by Gasteiger charge is 2.21. The minimum Gasteiger partial charge on any atom is -0.352 e. The lowest BCUT2D eigenvalue weighted by molar-refractivity contribution is -0.122. The molecule has 0 bridgehead atoms. The van der Waals surface area contributed by atoms with E-state index in [1.807, 2.05) is 0 Å². The maximum atomic E-state index is 11.6. The lowest BCUT2D eigenvalue weighted by Gasteiger charge is -2.30. The maximum Gasteiger partial charge on any atom is 0.220 e. The number of thioether (sulfide) groups is 1. The third kappa shape index (κ3) is 4.89. The van der Waals surface area contributed by atoms with E-state index in [1.54, 1.807) is 11.8 Å². The number of hydrogen-bond donors (Lipinski definition) is 2. The normalized spacial score (nSPS) is 26.3. The van der Waals surface area contributed by atoms with Crippen LogP contribution in [-0.4, -0.2) is 36.5 Å². The van der Waals surface area contributed by atoms with E-state index in [2.05, 4.69) is 23.8 Å². The van der Waals surface area contributed by atoms with Gasteiger partial charge >= 0.3 is 0 Å². The standard InChI is InChI=1S/C11H22N2OS/c1-9-10(5-3-7-12-9)13-11(14)6-4-8-15-2/h9-10,12H,3-8H2,1-2H3,(H,13,14). The molecule has 1 saturated heterocycles. The quantitative estimate of drug-likeness (QED) is 0.701. The number of rotatable bonds is 5. The first kappa shape index (κ1) is 12.8. The van der Waals surface area contributed by atoms with Crippen LogP contribution in [0.5, 0.6) is 0 Å². The van der Waals surface area contributed by atoms with E-state index in [1.165, 1.54) is 6.42 Å². The highest BCUT2D eigenvalue weighted by molar-refractivity contribution is 7.98. The lowest BCUT2D eigenvalue weighted by Crippen LogP contribution is -2.51. The van der Waals surface area contributed by atoms with Gasteiger partial charge in [-0.15, -0.1) is 0 Å². The molecule has 1 rings (SSSR count). The Bertz CT molecular complexity index is 199. The molecule has 1 fully saturated rings. The Hall–Kier alpha value is -0.220. The summed E-state index contributed by atoms with van der Waals surface area (Å²) in [5.74, 6) is 1.29. The summed E-state index contributed by atoms with van der Waals surface area (Å²) in [6.45, 7) is 3.23. The molecule has 1 amide bonds. The summed E-state index contributed by atoms with van der Waals surface area (Å²) in [5, 5.41) is 6.50. The molecule has 3 nitrogen and oxygen atoms in total. The van der Waals surface area contributed by atoms with Crippen molar-refractivity contribution in [3.63, 3.8) is 0 Å². The van der Waals surface area contributed by atoms with Crippen molar-refractivity contribution in [3.8, 4) is 0 Å². The first-order chi connectivity index (χ1) is 7.24. The van der Waals surface area contributed by atoms with E-state index in [4.69, 9.17) is 0 Å². The van der Waals surface area contributed by atoms with Gasteiger partial charge in [0.1, 0.15) is 0 Å². The average Bonchev–Trinajstić information content (AvgIpc) is 2.22. The summed E-state index contributed by atoms with van der Waals surface area (Å²) in [6, 6.07) is 0.753. The Balaban J connectivity index is 2.18. The van der Waals surface area contributed by atoms with Gasteiger partial charge in [0.2, 0.25) is 5.91 Å². The fourth-order valence-corrected chi connectivity index (χ4v) is 2.33. The first-order valence-corrected chi connectivity index (χ1v) is 7.15. The molecular formula is C11H22N2OS. The minimum atomic E-state index is 0.213. The molecule has 2 unspecified atom stereocenters. The van der Waals surface area contributed by atoms with Gasteiger partial charge in [0.25, 0.3) is 0 Å². The predicted octanol–water partition coefficient (Wildman–Crippen LogP) is 1.39. The van der Waals surface area contributed by atoms with Crippen LogP contribution in [0, 0.1) is 0 Å². The first-order valence-electron chi connectivity index (χ1n) is 5.75. The Labute approximate surface area is 96.8 Å². The Morgan fingerprint density at radius 1 is 1.60 bits per heavy atom. The lowest BCUT2D eigenvalue weighted by atomic mass is 10.00. The molecule has 0 saturated carbocycles. The number of nitrogens with one attached hydrogen (secondary N) is 2. The molecule has 4 heteroatoms. The van der Waals surface area contributed by atoms with Gasteiger partial charge in [-0.05, 0) is 44.7 Å². The van der Waals surface area contributed by atoms with Crippen molar-refractivity contribution in [3.05, 3.63) is 0 Å². The van der Waals surface area contributed by atoms with Crippen molar-refractivity contribution in [1.29, 1.82) is 0 Å². The van der Waals surface area contributed by atoms with Crippen molar-refractivity contribution in [2.24, 2.45) is 0 Å². The van der Waals surface area contributed by atoms with Crippen LogP contribution >= 0.6 is 11.8 Å². The van der Waals surface area contributed by atoms with E-state index < -0.39 is 0 Å². The van der Waals surface area contributed by atoms with Crippen LogP contribution in [0.4, 0.5) is 0 Å². The summed E-state index contributed by atoms with van der Waals surface area (Å²) < 4.78 is 0. The van der Waals surface area contributed by atoms with Crippen molar-refractivity contribution >= 4 is 17.7 Å². The molecule has 0 radical (unpaired) electrons. The average molecular weight is 230 g/mol. The summed E-state index contributed by atoms with van der Waals surface area (Å²) in [7, 11) is 0. The van der Waals surface area contributed by atoms with Gasteiger partial charge < -0.3 is 10.6 Å². The van der Waals surface area contributed by atoms with Crippen molar-refractivity contribution in [2.75, 3.05) is 18.6 Å². The predicted molar refractivity (Wildman–Crippen MR) is 66.2 cm³/mol. The molecule has 88 valence electrons. The Kier molecular flexibility index (Phi) is 6.10. The largest absolute Gasteiger partial charge is 0.352 e. The van der Waals surface area contributed by atoms with Crippen LogP contribution in [0.3, 0.4) is 0 Å². The topological polar surface area (TPSA) is 41.1 Å². The Morgan fingerprint density at radius 3 is 3.07 bits per heavy atom. The summed E-state index contributed by atoms with van der Waals surface area (Å²) in [5.41, 5.74) is 0. The van der Waals surface area contributed by atoms with Gasteiger partial charge in [-0.3, -0.25) is 4.79 Å². The van der Waals surface area contributed by atoms with E-state index in [0.717, 1.165) is 25.1 Å². The van der Waals surface area contributed by atoms with Gasteiger partial charge in [-0.2, -0.15) is 11.8 Å². The fraction of sp³-hybridized carbons (Fsp3) is 0.909. The van der Waals surface area contributed by atoms with Crippen molar-refractivity contribution in [2.45, 2.75) is 44.7 Å². The van der Waals surface area contributed by atoms with Crippen molar-refractivity contribution < 1.29 is 4.79 Å². The van der Waals surface area contributed by atoms with Crippen molar-refractivity contribution in [1.82, 2.24) is 10.6 Å². The molecule has 0 aromatic carbocycles. The minimum absolute atomic E-state index is 0.213. The van der Waals surface area contributed by atoms with Crippen LogP contribution < -0.4 is 10.6 Å². The molecule has 0 aliphatic carbocycles. The van der Waals surface area contributed by atoms with Gasteiger partial charge in [0, 0.05) is 18.5 Å². The van der Waals surface area contributed by atoms with E-state index in [0.29, 0.717) is 18.5 Å².